The molecule has 0 radical (unpaired) electrons. The minimum atomic E-state index is -3.77. The van der Waals surface area contributed by atoms with Crippen LogP contribution in [0.15, 0.2) is 40.6 Å². The van der Waals surface area contributed by atoms with Crippen LogP contribution in [0, 0.1) is 6.92 Å². The van der Waals surface area contributed by atoms with Crippen LogP contribution in [0.1, 0.15) is 15.2 Å². The summed E-state index contributed by atoms with van der Waals surface area (Å²) in [4.78, 5) is 11.1. The van der Waals surface area contributed by atoms with Crippen molar-refractivity contribution < 1.29 is 18.3 Å². The fourth-order valence-corrected chi connectivity index (χ4v) is 3.59. The number of benzene rings is 1. The van der Waals surface area contributed by atoms with Gasteiger partial charge in [-0.1, -0.05) is 18.2 Å². The Balaban J connectivity index is 2.42. The Kier molecular flexibility index (Phi) is 3.59. The molecule has 0 aliphatic carbocycles. The van der Waals surface area contributed by atoms with Crippen LogP contribution < -0.4 is 4.72 Å². The standard InChI is InChI=1S/C12H11NO4S2/c1-8-7-18-11(12(14)15)10(8)13-19(16,17)9-5-3-2-4-6-9/h2-7,13H,1H3,(H,14,15). The summed E-state index contributed by atoms with van der Waals surface area (Å²) < 4.78 is 26.6. The van der Waals surface area contributed by atoms with Crippen molar-refractivity contribution in [2.24, 2.45) is 0 Å². The molecule has 1 aromatic heterocycles. The number of carbonyl (C=O) groups is 1. The number of hydrogen-bond acceptors (Lipinski definition) is 4. The number of anilines is 1. The van der Waals surface area contributed by atoms with Gasteiger partial charge in [0.1, 0.15) is 4.88 Å². The predicted molar refractivity (Wildman–Crippen MR) is 73.3 cm³/mol. The molecule has 1 aromatic carbocycles. The van der Waals surface area contributed by atoms with Gasteiger partial charge in [-0.05, 0) is 30.0 Å². The number of aryl methyl sites for hydroxylation is 1. The number of nitrogens with one attached hydrogen (secondary N) is 1. The maximum Gasteiger partial charge on any atom is 0.348 e. The molecule has 0 saturated carbocycles. The minimum absolute atomic E-state index is 0.0167. The number of carboxylic acids is 1. The third kappa shape index (κ3) is 2.77. The molecule has 2 aromatic rings. The molecule has 7 heteroatoms. The van der Waals surface area contributed by atoms with Crippen molar-refractivity contribution in [2.45, 2.75) is 11.8 Å². The van der Waals surface area contributed by atoms with E-state index in [2.05, 4.69) is 4.72 Å². The average molecular weight is 297 g/mol. The van der Waals surface area contributed by atoms with E-state index in [9.17, 15) is 13.2 Å². The van der Waals surface area contributed by atoms with Crippen LogP contribution in [0.2, 0.25) is 0 Å². The minimum Gasteiger partial charge on any atom is -0.477 e. The lowest BCUT2D eigenvalue weighted by atomic mass is 10.3. The maximum absolute atomic E-state index is 12.1. The van der Waals surface area contributed by atoms with E-state index in [4.69, 9.17) is 5.11 Å². The van der Waals surface area contributed by atoms with Gasteiger partial charge >= 0.3 is 5.97 Å². The van der Waals surface area contributed by atoms with E-state index in [1.165, 1.54) is 12.1 Å². The van der Waals surface area contributed by atoms with Gasteiger partial charge in [-0.2, -0.15) is 0 Å². The van der Waals surface area contributed by atoms with Crippen LogP contribution in [-0.4, -0.2) is 19.5 Å². The number of thiophene rings is 1. The van der Waals surface area contributed by atoms with E-state index in [0.29, 0.717) is 5.56 Å². The van der Waals surface area contributed by atoms with Gasteiger partial charge in [-0.3, -0.25) is 4.72 Å². The van der Waals surface area contributed by atoms with Gasteiger partial charge in [0.15, 0.2) is 0 Å². The van der Waals surface area contributed by atoms with E-state index in [1.807, 2.05) is 0 Å². The highest BCUT2D eigenvalue weighted by molar-refractivity contribution is 7.92. The van der Waals surface area contributed by atoms with Crippen LogP contribution in [0.3, 0.4) is 0 Å². The predicted octanol–water partition coefficient (Wildman–Crippen LogP) is 2.56. The van der Waals surface area contributed by atoms with Crippen molar-refractivity contribution in [1.29, 1.82) is 0 Å². The second-order valence-corrected chi connectivity index (χ2v) is 6.41. The molecule has 0 spiro atoms. The zero-order chi connectivity index (χ0) is 14.0. The molecule has 5 nitrogen and oxygen atoms in total. The highest BCUT2D eigenvalue weighted by Gasteiger charge is 2.21. The quantitative estimate of drug-likeness (QED) is 0.908. The summed E-state index contributed by atoms with van der Waals surface area (Å²) in [6.07, 6.45) is 0. The van der Waals surface area contributed by atoms with E-state index in [0.717, 1.165) is 11.3 Å². The monoisotopic (exact) mass is 297 g/mol. The Hall–Kier alpha value is -1.86. The zero-order valence-electron chi connectivity index (χ0n) is 9.95. The molecule has 0 amide bonds. The van der Waals surface area contributed by atoms with Crippen LogP contribution >= 0.6 is 11.3 Å². The van der Waals surface area contributed by atoms with Crippen molar-refractivity contribution in [3.8, 4) is 0 Å². The van der Waals surface area contributed by atoms with Gasteiger partial charge in [0.25, 0.3) is 10.0 Å². The van der Waals surface area contributed by atoms with Crippen molar-refractivity contribution in [3.05, 3.63) is 46.2 Å². The summed E-state index contributed by atoms with van der Waals surface area (Å²) in [5.74, 6) is -1.15. The van der Waals surface area contributed by atoms with Crippen LogP contribution in [0.4, 0.5) is 5.69 Å². The summed E-state index contributed by atoms with van der Waals surface area (Å²) in [5.41, 5.74) is 0.711. The zero-order valence-corrected chi connectivity index (χ0v) is 11.6. The molecular weight excluding hydrogens is 286 g/mol. The first kappa shape index (κ1) is 13.6. The maximum atomic E-state index is 12.1. The second kappa shape index (κ2) is 5.02. The first-order valence-electron chi connectivity index (χ1n) is 5.31. The third-order valence-electron chi connectivity index (χ3n) is 2.46. The smallest absolute Gasteiger partial charge is 0.348 e. The third-order valence-corrected chi connectivity index (χ3v) is 4.91. The Morgan fingerprint density at radius 3 is 2.47 bits per heavy atom. The van der Waals surface area contributed by atoms with E-state index in [1.54, 1.807) is 30.5 Å². The molecule has 2 rings (SSSR count). The van der Waals surface area contributed by atoms with Gasteiger partial charge in [-0.25, -0.2) is 13.2 Å². The SMILES string of the molecule is Cc1csc(C(=O)O)c1NS(=O)(=O)c1ccccc1. The molecule has 0 bridgehead atoms. The molecule has 0 saturated heterocycles. The molecule has 0 fully saturated rings. The lowest BCUT2D eigenvalue weighted by molar-refractivity contribution is 0.0703. The second-order valence-electron chi connectivity index (χ2n) is 3.85. The van der Waals surface area contributed by atoms with E-state index < -0.39 is 16.0 Å². The summed E-state index contributed by atoms with van der Waals surface area (Å²) in [6, 6.07) is 7.81. The van der Waals surface area contributed by atoms with Crippen LogP contribution in [0.25, 0.3) is 0 Å². The topological polar surface area (TPSA) is 83.5 Å². The highest BCUT2D eigenvalue weighted by Crippen LogP contribution is 2.29. The summed E-state index contributed by atoms with van der Waals surface area (Å²) in [7, 11) is -3.77. The Morgan fingerprint density at radius 2 is 1.89 bits per heavy atom. The average Bonchev–Trinajstić information content (AvgIpc) is 2.72. The molecule has 1 heterocycles. The normalized spacial score (nSPS) is 11.2. The Labute approximate surface area is 114 Å². The van der Waals surface area contributed by atoms with Crippen molar-refractivity contribution in [2.75, 3.05) is 4.72 Å². The lowest BCUT2D eigenvalue weighted by Crippen LogP contribution is -2.15. The fourth-order valence-electron chi connectivity index (χ4n) is 1.52. The summed E-state index contributed by atoms with van der Waals surface area (Å²) >= 11 is 0.994. The highest BCUT2D eigenvalue weighted by atomic mass is 32.2. The van der Waals surface area contributed by atoms with Gasteiger partial charge < -0.3 is 5.11 Å². The first-order valence-corrected chi connectivity index (χ1v) is 7.67. The van der Waals surface area contributed by atoms with E-state index in [-0.39, 0.29) is 15.5 Å². The Bertz CT molecular complexity index is 705. The van der Waals surface area contributed by atoms with Gasteiger partial charge in [-0.15, -0.1) is 11.3 Å². The van der Waals surface area contributed by atoms with E-state index >= 15 is 0 Å². The summed E-state index contributed by atoms with van der Waals surface area (Å²) in [5, 5.41) is 10.6. The summed E-state index contributed by atoms with van der Waals surface area (Å²) in [6.45, 7) is 1.66. The number of rotatable bonds is 4. The molecule has 2 N–H and O–H groups in total. The van der Waals surface area contributed by atoms with Crippen molar-refractivity contribution in [3.63, 3.8) is 0 Å². The molecule has 100 valence electrons. The number of aromatic carboxylic acids is 1. The van der Waals surface area contributed by atoms with Gasteiger partial charge in [0, 0.05) is 0 Å². The number of sulfonamides is 1. The van der Waals surface area contributed by atoms with Crippen molar-refractivity contribution >= 4 is 33.0 Å². The molecule has 0 unspecified atom stereocenters. The van der Waals surface area contributed by atoms with Gasteiger partial charge in [0.05, 0.1) is 10.6 Å². The van der Waals surface area contributed by atoms with Gasteiger partial charge in [0.2, 0.25) is 0 Å². The number of hydrogen-bond donors (Lipinski definition) is 2. The van der Waals surface area contributed by atoms with Crippen molar-refractivity contribution in [1.82, 2.24) is 0 Å². The first-order chi connectivity index (χ1) is 8.92. The molecule has 19 heavy (non-hydrogen) atoms. The molecule has 0 aliphatic rings. The van der Waals surface area contributed by atoms with Crippen LogP contribution in [0.5, 0.6) is 0 Å². The number of carboxylic acid groups (broad SMARTS) is 1. The molecular formula is C12H11NO4S2. The van der Waals surface area contributed by atoms with Crippen LogP contribution in [-0.2, 0) is 10.0 Å². The molecule has 0 atom stereocenters. The Morgan fingerprint density at radius 1 is 1.26 bits per heavy atom. The lowest BCUT2D eigenvalue weighted by Gasteiger charge is -2.08. The fraction of sp³-hybridized carbons (Fsp3) is 0.0833. The molecule has 0 aliphatic heterocycles. The largest absolute Gasteiger partial charge is 0.477 e.